The number of unbranched alkanes of at least 4 members (excludes halogenated alkanes) is 1. The number of nitrogens with one attached hydrogen (secondary N) is 1. The van der Waals surface area contributed by atoms with E-state index in [0.717, 1.165) is 25.7 Å². The third-order valence-electron chi connectivity index (χ3n) is 7.17. The van der Waals surface area contributed by atoms with Crippen LogP contribution in [0.25, 0.3) is 0 Å². The van der Waals surface area contributed by atoms with Gasteiger partial charge in [-0.15, -0.1) is 0 Å². The van der Waals surface area contributed by atoms with Crippen LogP contribution in [-0.2, 0) is 23.8 Å². The van der Waals surface area contributed by atoms with Crippen LogP contribution in [0.3, 0.4) is 0 Å². The summed E-state index contributed by atoms with van der Waals surface area (Å²) in [7, 11) is 0. The summed E-state index contributed by atoms with van der Waals surface area (Å²) < 4.78 is 15.9. The van der Waals surface area contributed by atoms with Crippen LogP contribution in [0.15, 0.2) is 30.4 Å². The fourth-order valence-corrected chi connectivity index (χ4v) is 3.64. The number of anilines is 1. The van der Waals surface area contributed by atoms with Crippen LogP contribution >= 0.6 is 0 Å². The second-order valence-electron chi connectivity index (χ2n) is 11.3. The average molecular weight is 634 g/mol. The minimum absolute atomic E-state index is 0.139. The second kappa shape index (κ2) is 28.8. The topological polar surface area (TPSA) is 108 Å². The number of hydrogen-bond acceptors (Lipinski definition) is 7. The van der Waals surface area contributed by atoms with Crippen LogP contribution in [0.4, 0.5) is 5.69 Å². The zero-order chi connectivity index (χ0) is 34.6. The molecule has 0 saturated carbocycles. The molecule has 1 aromatic rings. The van der Waals surface area contributed by atoms with Crippen molar-refractivity contribution in [1.82, 2.24) is 0 Å². The highest BCUT2D eigenvalue weighted by Crippen LogP contribution is 2.25. The molecule has 8 nitrogen and oxygen atoms in total. The molecule has 0 aromatic heterocycles. The molecule has 258 valence electrons. The van der Waals surface area contributed by atoms with E-state index in [1.807, 2.05) is 34.6 Å². The van der Waals surface area contributed by atoms with Crippen molar-refractivity contribution in [1.29, 1.82) is 0 Å². The molecule has 0 bridgehead atoms. The number of amides is 1. The molecule has 1 N–H and O–H groups in total. The van der Waals surface area contributed by atoms with Gasteiger partial charge in [0, 0.05) is 30.9 Å². The van der Waals surface area contributed by atoms with Gasteiger partial charge in [0.05, 0.1) is 50.7 Å². The van der Waals surface area contributed by atoms with Crippen LogP contribution in [-0.4, -0.2) is 62.9 Å². The first-order chi connectivity index (χ1) is 21.4. The monoisotopic (exact) mass is 633 g/mol. The Morgan fingerprint density at radius 2 is 1.33 bits per heavy atom. The number of allylic oxidation sites excluding steroid dienone is 1. The normalized spacial score (nSPS) is 11.7. The van der Waals surface area contributed by atoms with Crippen LogP contribution in [0.1, 0.15) is 134 Å². The molecule has 8 heteroatoms. The molecular weight excluding hydrogens is 570 g/mol. The van der Waals surface area contributed by atoms with Gasteiger partial charge in [-0.1, -0.05) is 78.7 Å². The summed E-state index contributed by atoms with van der Waals surface area (Å²) in [5, 5.41) is 2.75. The number of ketones is 3. The molecule has 0 fully saturated rings. The molecule has 1 aromatic carbocycles. The fraction of sp³-hybridized carbons (Fsp3) is 0.676. The highest BCUT2D eigenvalue weighted by atomic mass is 16.5. The summed E-state index contributed by atoms with van der Waals surface area (Å²) in [6.45, 7) is 24.3. The van der Waals surface area contributed by atoms with Crippen LogP contribution in [0.2, 0.25) is 0 Å². The molecule has 45 heavy (non-hydrogen) atoms. The number of carbonyl (C=O) groups is 4. The Balaban J connectivity index is 0. The van der Waals surface area contributed by atoms with Gasteiger partial charge < -0.3 is 19.5 Å². The molecule has 0 spiro atoms. The van der Waals surface area contributed by atoms with Crippen LogP contribution < -0.4 is 5.32 Å². The third-order valence-corrected chi connectivity index (χ3v) is 7.17. The average Bonchev–Trinajstić information content (AvgIpc) is 3.02. The number of benzene rings is 1. The highest BCUT2D eigenvalue weighted by molar-refractivity contribution is 6.13. The van der Waals surface area contributed by atoms with Crippen molar-refractivity contribution < 1.29 is 33.4 Å². The van der Waals surface area contributed by atoms with E-state index >= 15 is 0 Å². The molecule has 0 aliphatic heterocycles. The zero-order valence-corrected chi connectivity index (χ0v) is 29.9. The molecule has 0 saturated heterocycles. The predicted octanol–water partition coefficient (Wildman–Crippen LogP) is 8.67. The summed E-state index contributed by atoms with van der Waals surface area (Å²) in [5.74, 6) is 0.0178. The number of Topliss-reactive ketones (excluding diaryl/α,β-unsaturated/α-hetero) is 3. The standard InChI is InChI=1S/C22H33NO6.C11H20O.C4H10/c1-5-16(3)22(26)21-18(17(4)24)8-7-9-19(21)23-20(25)10-11-28-14-15-29-13-12-27-6-2;1-5-6-11(12)8-7-10(4)9(2)3;1-3-4-2/h7-9,16H,5-6,10-15H2,1-4H3,(H,23,25);10H,2,5-8H2,1,3-4H3;3-4H2,1-2H3. The summed E-state index contributed by atoms with van der Waals surface area (Å²) >= 11 is 0. The van der Waals surface area contributed by atoms with E-state index in [9.17, 15) is 19.2 Å². The van der Waals surface area contributed by atoms with Gasteiger partial charge in [-0.3, -0.25) is 19.2 Å². The molecule has 0 aliphatic rings. The van der Waals surface area contributed by atoms with Gasteiger partial charge in [0.25, 0.3) is 0 Å². The summed E-state index contributed by atoms with van der Waals surface area (Å²) in [5.41, 5.74) is 2.16. The molecule has 0 radical (unpaired) electrons. The zero-order valence-electron chi connectivity index (χ0n) is 29.9. The predicted molar refractivity (Wildman–Crippen MR) is 185 cm³/mol. The quantitative estimate of drug-likeness (QED) is 0.0773. The lowest BCUT2D eigenvalue weighted by molar-refractivity contribution is -0.119. The lowest BCUT2D eigenvalue weighted by atomic mass is 9.91. The Labute approximate surface area is 274 Å². The SMILES string of the molecule is C=C(C)C(C)CCC(=O)CCC.CCCC.CCOCCOCCOCCC(=O)Nc1cccc(C(C)=O)c1C(=O)C(C)CC. The van der Waals surface area contributed by atoms with Crippen molar-refractivity contribution >= 4 is 28.9 Å². The molecule has 1 rings (SSSR count). The van der Waals surface area contributed by atoms with E-state index in [1.54, 1.807) is 18.2 Å². The minimum Gasteiger partial charge on any atom is -0.379 e. The van der Waals surface area contributed by atoms with E-state index < -0.39 is 0 Å². The smallest absolute Gasteiger partial charge is 0.226 e. The lowest BCUT2D eigenvalue weighted by Crippen LogP contribution is -2.21. The van der Waals surface area contributed by atoms with E-state index in [1.165, 1.54) is 25.3 Å². The lowest BCUT2D eigenvalue weighted by Gasteiger charge is -2.16. The first-order valence-electron chi connectivity index (χ1n) is 16.8. The first-order valence-corrected chi connectivity index (χ1v) is 16.8. The van der Waals surface area contributed by atoms with Gasteiger partial charge in [0.1, 0.15) is 5.78 Å². The van der Waals surface area contributed by atoms with E-state index in [0.29, 0.717) is 62.4 Å². The van der Waals surface area contributed by atoms with Crippen LogP contribution in [0, 0.1) is 11.8 Å². The number of ether oxygens (including phenoxy) is 3. The Hall–Kier alpha value is -2.68. The van der Waals surface area contributed by atoms with Crippen molar-refractivity contribution in [2.45, 2.75) is 114 Å². The van der Waals surface area contributed by atoms with Crippen molar-refractivity contribution in [2.75, 3.05) is 45.0 Å². The summed E-state index contributed by atoms with van der Waals surface area (Å²) in [6, 6.07) is 4.92. The Morgan fingerprint density at radius 3 is 1.82 bits per heavy atom. The number of carbonyl (C=O) groups excluding carboxylic acids is 4. The summed E-state index contributed by atoms with van der Waals surface area (Å²) in [6.07, 6.45) is 6.83. The maximum Gasteiger partial charge on any atom is 0.226 e. The van der Waals surface area contributed by atoms with Crippen molar-refractivity contribution in [2.24, 2.45) is 11.8 Å². The molecule has 1 amide bonds. The van der Waals surface area contributed by atoms with Gasteiger partial charge >= 0.3 is 0 Å². The molecule has 2 atom stereocenters. The summed E-state index contributed by atoms with van der Waals surface area (Å²) in [4.78, 5) is 48.2. The third kappa shape index (κ3) is 22.5. The Morgan fingerprint density at radius 1 is 0.756 bits per heavy atom. The van der Waals surface area contributed by atoms with E-state index in [4.69, 9.17) is 14.2 Å². The Kier molecular flexibility index (Phi) is 28.4. The second-order valence-corrected chi connectivity index (χ2v) is 11.3. The highest BCUT2D eigenvalue weighted by Gasteiger charge is 2.23. The molecular formula is C37H63NO7. The van der Waals surface area contributed by atoms with Gasteiger partial charge in [-0.25, -0.2) is 0 Å². The van der Waals surface area contributed by atoms with Gasteiger partial charge in [0.15, 0.2) is 11.6 Å². The molecule has 2 unspecified atom stereocenters. The van der Waals surface area contributed by atoms with Gasteiger partial charge in [0.2, 0.25) is 5.91 Å². The van der Waals surface area contributed by atoms with E-state index in [-0.39, 0.29) is 42.0 Å². The van der Waals surface area contributed by atoms with Crippen molar-refractivity contribution in [3.05, 3.63) is 41.5 Å². The maximum atomic E-state index is 12.8. The first kappa shape index (κ1) is 44.4. The van der Waals surface area contributed by atoms with Crippen LogP contribution in [0.5, 0.6) is 0 Å². The maximum absolute atomic E-state index is 12.8. The van der Waals surface area contributed by atoms with Gasteiger partial charge in [-0.2, -0.15) is 0 Å². The van der Waals surface area contributed by atoms with E-state index in [2.05, 4.69) is 32.7 Å². The fourth-order valence-electron chi connectivity index (χ4n) is 3.64. The minimum atomic E-state index is -0.277. The Bertz CT molecular complexity index is 987. The van der Waals surface area contributed by atoms with Gasteiger partial charge in [-0.05, 0) is 52.0 Å². The molecule has 0 aliphatic carbocycles. The van der Waals surface area contributed by atoms with Crippen molar-refractivity contribution in [3.8, 4) is 0 Å². The number of hydrogen-bond donors (Lipinski definition) is 1. The van der Waals surface area contributed by atoms with Crippen molar-refractivity contribution in [3.63, 3.8) is 0 Å². The largest absolute Gasteiger partial charge is 0.379 e. The molecule has 0 heterocycles. The number of rotatable bonds is 22.